The molecule has 0 atom stereocenters. The third-order valence-electron chi connectivity index (χ3n) is 5.59. The van der Waals surface area contributed by atoms with Crippen molar-refractivity contribution in [3.8, 4) is 11.3 Å². The molecule has 1 aliphatic rings. The van der Waals surface area contributed by atoms with Crippen molar-refractivity contribution in [2.45, 2.75) is 26.7 Å². The Morgan fingerprint density at radius 1 is 1.03 bits per heavy atom. The maximum absolute atomic E-state index is 12.6. The van der Waals surface area contributed by atoms with Crippen LogP contribution in [0.2, 0.25) is 5.02 Å². The molecule has 2 aromatic carbocycles. The van der Waals surface area contributed by atoms with E-state index in [-0.39, 0.29) is 11.8 Å². The highest BCUT2D eigenvalue weighted by Gasteiger charge is 2.26. The van der Waals surface area contributed by atoms with Crippen LogP contribution in [0, 0.1) is 19.8 Å². The predicted octanol–water partition coefficient (Wildman–Crippen LogP) is 5.27. The highest BCUT2D eigenvalue weighted by atomic mass is 35.5. The topological polar surface area (TPSA) is 58.1 Å². The van der Waals surface area contributed by atoms with Crippen LogP contribution >= 0.6 is 11.6 Å². The fourth-order valence-corrected chi connectivity index (χ4v) is 3.92. The van der Waals surface area contributed by atoms with E-state index in [9.17, 15) is 4.79 Å². The number of aromatic nitrogens is 2. The van der Waals surface area contributed by atoms with Gasteiger partial charge >= 0.3 is 0 Å². The zero-order chi connectivity index (χ0) is 21.1. The van der Waals surface area contributed by atoms with E-state index in [1.807, 2.05) is 43.3 Å². The van der Waals surface area contributed by atoms with Gasteiger partial charge in [0.05, 0.1) is 5.69 Å². The summed E-state index contributed by atoms with van der Waals surface area (Å²) in [5.41, 5.74) is 4.88. The van der Waals surface area contributed by atoms with Gasteiger partial charge in [0.1, 0.15) is 0 Å². The number of hydrogen-bond acceptors (Lipinski definition) is 4. The first kappa shape index (κ1) is 20.4. The quantitative estimate of drug-likeness (QED) is 0.624. The zero-order valence-electron chi connectivity index (χ0n) is 17.2. The van der Waals surface area contributed by atoms with Crippen molar-refractivity contribution < 1.29 is 4.79 Å². The van der Waals surface area contributed by atoms with Gasteiger partial charge in [-0.1, -0.05) is 41.4 Å². The van der Waals surface area contributed by atoms with Gasteiger partial charge in [-0.25, -0.2) is 0 Å². The lowest BCUT2D eigenvalue weighted by atomic mass is 9.95. The number of carbonyl (C=O) groups is 1. The number of aryl methyl sites for hydroxylation is 2. The molecule has 1 amide bonds. The van der Waals surface area contributed by atoms with Gasteiger partial charge in [-0.3, -0.25) is 4.79 Å². The van der Waals surface area contributed by atoms with Crippen molar-refractivity contribution in [2.24, 2.45) is 5.92 Å². The van der Waals surface area contributed by atoms with Crippen LogP contribution in [0.4, 0.5) is 11.5 Å². The van der Waals surface area contributed by atoms with Gasteiger partial charge < -0.3 is 10.2 Å². The molecule has 1 saturated heterocycles. The lowest BCUT2D eigenvalue weighted by molar-refractivity contribution is -0.120. The summed E-state index contributed by atoms with van der Waals surface area (Å²) in [6.45, 7) is 5.58. The van der Waals surface area contributed by atoms with Gasteiger partial charge in [0.2, 0.25) is 5.91 Å². The number of carbonyl (C=O) groups excluding carboxylic acids is 1. The maximum atomic E-state index is 12.6. The second-order valence-electron chi connectivity index (χ2n) is 7.86. The van der Waals surface area contributed by atoms with Gasteiger partial charge in [0.15, 0.2) is 5.82 Å². The average molecular weight is 421 g/mol. The summed E-state index contributed by atoms with van der Waals surface area (Å²) in [6, 6.07) is 17.9. The molecular weight excluding hydrogens is 396 g/mol. The zero-order valence-corrected chi connectivity index (χ0v) is 18.0. The van der Waals surface area contributed by atoms with E-state index < -0.39 is 0 Å². The smallest absolute Gasteiger partial charge is 0.227 e. The lowest BCUT2D eigenvalue weighted by Crippen LogP contribution is -2.38. The number of halogens is 1. The minimum Gasteiger partial charge on any atom is -0.355 e. The minimum absolute atomic E-state index is 0.0131. The van der Waals surface area contributed by atoms with Gasteiger partial charge in [-0.15, -0.1) is 10.2 Å². The minimum atomic E-state index is -0.0131. The molecule has 0 spiro atoms. The van der Waals surface area contributed by atoms with Crippen molar-refractivity contribution in [3.63, 3.8) is 0 Å². The normalized spacial score (nSPS) is 14.6. The third-order valence-corrected chi connectivity index (χ3v) is 6.00. The number of rotatable bonds is 4. The molecule has 4 rings (SSSR count). The molecular formula is C24H25ClN4O. The number of amides is 1. The largest absolute Gasteiger partial charge is 0.355 e. The third kappa shape index (κ3) is 4.62. The highest BCUT2D eigenvalue weighted by Crippen LogP contribution is 2.26. The molecule has 1 aromatic heterocycles. The molecule has 6 heteroatoms. The first-order chi connectivity index (χ1) is 14.5. The number of piperidine rings is 1. The Labute approximate surface area is 182 Å². The van der Waals surface area contributed by atoms with E-state index in [2.05, 4.69) is 39.5 Å². The molecule has 1 N–H and O–H groups in total. The van der Waals surface area contributed by atoms with Gasteiger partial charge in [-0.2, -0.15) is 0 Å². The molecule has 30 heavy (non-hydrogen) atoms. The van der Waals surface area contributed by atoms with Crippen LogP contribution in [-0.2, 0) is 4.79 Å². The molecule has 0 radical (unpaired) electrons. The lowest BCUT2D eigenvalue weighted by Gasteiger charge is -2.31. The first-order valence-corrected chi connectivity index (χ1v) is 10.6. The van der Waals surface area contributed by atoms with Crippen molar-refractivity contribution >= 4 is 29.0 Å². The number of hydrogen-bond donors (Lipinski definition) is 1. The molecule has 3 aromatic rings. The van der Waals surface area contributed by atoms with E-state index in [1.54, 1.807) is 6.07 Å². The fourth-order valence-electron chi connectivity index (χ4n) is 3.74. The summed E-state index contributed by atoms with van der Waals surface area (Å²) in [6.07, 6.45) is 1.57. The van der Waals surface area contributed by atoms with Crippen molar-refractivity contribution in [1.82, 2.24) is 10.2 Å². The van der Waals surface area contributed by atoms with Crippen LogP contribution in [0.1, 0.15) is 24.0 Å². The number of nitrogens with zero attached hydrogens (tertiary/aromatic N) is 3. The summed E-state index contributed by atoms with van der Waals surface area (Å²) in [5.74, 6) is 0.895. The van der Waals surface area contributed by atoms with Crippen molar-refractivity contribution in [3.05, 3.63) is 70.7 Å². The van der Waals surface area contributed by atoms with E-state index in [0.717, 1.165) is 54.3 Å². The Morgan fingerprint density at radius 2 is 1.83 bits per heavy atom. The molecule has 1 aliphatic heterocycles. The second kappa shape index (κ2) is 8.84. The van der Waals surface area contributed by atoms with Crippen LogP contribution in [0.5, 0.6) is 0 Å². The summed E-state index contributed by atoms with van der Waals surface area (Å²) in [5, 5.41) is 12.5. The van der Waals surface area contributed by atoms with E-state index in [4.69, 9.17) is 11.6 Å². The Morgan fingerprint density at radius 3 is 2.50 bits per heavy atom. The van der Waals surface area contributed by atoms with Crippen LogP contribution in [0.25, 0.3) is 11.3 Å². The highest BCUT2D eigenvalue weighted by molar-refractivity contribution is 6.31. The average Bonchev–Trinajstić information content (AvgIpc) is 2.76. The molecule has 2 heterocycles. The van der Waals surface area contributed by atoms with E-state index >= 15 is 0 Å². The molecule has 0 aliphatic carbocycles. The van der Waals surface area contributed by atoms with Gasteiger partial charge in [0, 0.05) is 35.3 Å². The Hall–Kier alpha value is -2.92. The summed E-state index contributed by atoms with van der Waals surface area (Å²) in [4.78, 5) is 14.8. The van der Waals surface area contributed by atoms with Crippen molar-refractivity contribution in [2.75, 3.05) is 23.3 Å². The van der Waals surface area contributed by atoms with Crippen LogP contribution in [0.15, 0.2) is 54.6 Å². The summed E-state index contributed by atoms with van der Waals surface area (Å²) in [7, 11) is 0. The van der Waals surface area contributed by atoms with Gasteiger partial charge in [-0.05, 0) is 62.6 Å². The summed E-state index contributed by atoms with van der Waals surface area (Å²) < 4.78 is 0. The van der Waals surface area contributed by atoms with Crippen LogP contribution in [-0.4, -0.2) is 29.2 Å². The van der Waals surface area contributed by atoms with E-state index in [0.29, 0.717) is 5.02 Å². The van der Waals surface area contributed by atoms with Crippen LogP contribution < -0.4 is 10.2 Å². The molecule has 0 bridgehead atoms. The number of anilines is 2. The maximum Gasteiger partial charge on any atom is 0.227 e. The molecule has 0 saturated carbocycles. The standard InChI is InChI=1S/C24H25ClN4O/c1-16-4-3-5-19(14-16)22-8-9-23(28-27-22)29-12-10-18(11-13-29)24(30)26-20-7-6-17(2)21(25)15-20/h3-9,14-15,18H,10-13H2,1-2H3,(H,26,30). The van der Waals surface area contributed by atoms with E-state index in [1.165, 1.54) is 5.56 Å². The number of benzene rings is 2. The number of nitrogens with one attached hydrogen (secondary N) is 1. The monoisotopic (exact) mass is 420 g/mol. The van der Waals surface area contributed by atoms with Gasteiger partial charge in [0.25, 0.3) is 0 Å². The predicted molar refractivity (Wildman–Crippen MR) is 122 cm³/mol. The summed E-state index contributed by atoms with van der Waals surface area (Å²) >= 11 is 6.16. The molecule has 0 unspecified atom stereocenters. The molecule has 154 valence electrons. The first-order valence-electron chi connectivity index (χ1n) is 10.2. The molecule has 1 fully saturated rings. The Bertz CT molecular complexity index is 1040. The second-order valence-corrected chi connectivity index (χ2v) is 8.27. The molecule has 5 nitrogen and oxygen atoms in total. The SMILES string of the molecule is Cc1cccc(-c2ccc(N3CCC(C(=O)Nc4ccc(C)c(Cl)c4)CC3)nn2)c1. The Balaban J connectivity index is 1.34. The van der Waals surface area contributed by atoms with Crippen molar-refractivity contribution in [1.29, 1.82) is 0 Å². The van der Waals surface area contributed by atoms with Crippen LogP contribution in [0.3, 0.4) is 0 Å². The Kier molecular flexibility index (Phi) is 6.00. The fraction of sp³-hybridized carbons (Fsp3) is 0.292.